The van der Waals surface area contributed by atoms with Crippen LogP contribution in [-0.2, 0) is 23.2 Å². The Kier molecular flexibility index (Phi) is 6.01. The highest BCUT2D eigenvalue weighted by Crippen LogP contribution is 2.46. The average molecular weight is 449 g/mol. The van der Waals surface area contributed by atoms with Crippen LogP contribution in [0.15, 0.2) is 24.3 Å². The van der Waals surface area contributed by atoms with E-state index in [0.29, 0.717) is 21.5 Å². The number of nitrogens with one attached hydrogen (secondary N) is 1. The number of aryl methyl sites for hydroxylation is 1. The van der Waals surface area contributed by atoms with Gasteiger partial charge in [-0.1, -0.05) is 35.6 Å². The van der Waals surface area contributed by atoms with Crippen LogP contribution in [0, 0.1) is 5.92 Å². The highest BCUT2D eigenvalue weighted by Gasteiger charge is 2.45. The predicted molar refractivity (Wildman–Crippen MR) is 109 cm³/mol. The van der Waals surface area contributed by atoms with Crippen molar-refractivity contribution in [2.45, 2.75) is 37.7 Å². The van der Waals surface area contributed by atoms with Crippen molar-refractivity contribution in [1.82, 2.24) is 30.4 Å². The lowest BCUT2D eigenvalue weighted by Gasteiger charge is -2.23. The van der Waals surface area contributed by atoms with Crippen LogP contribution in [0.1, 0.15) is 35.8 Å². The van der Waals surface area contributed by atoms with E-state index in [9.17, 15) is 13.6 Å². The second kappa shape index (κ2) is 8.71. The number of methoxy groups -OCH3 is 1. The predicted octanol–water partition coefficient (Wildman–Crippen LogP) is 3.03. The van der Waals surface area contributed by atoms with Crippen molar-refractivity contribution in [3.63, 3.8) is 0 Å². The number of nitrogens with zero attached hydrogens (tertiary/aromatic N) is 6. The first-order valence-electron chi connectivity index (χ1n) is 9.69. The lowest BCUT2D eigenvalue weighted by molar-refractivity contribution is -0.118. The van der Waals surface area contributed by atoms with Crippen LogP contribution in [-0.4, -0.2) is 49.3 Å². The second-order valence-electron chi connectivity index (χ2n) is 7.48. The van der Waals surface area contributed by atoms with Gasteiger partial charge in [0.05, 0.1) is 13.0 Å². The molecule has 2 heterocycles. The Morgan fingerprint density at radius 2 is 2.10 bits per heavy atom. The van der Waals surface area contributed by atoms with Crippen LogP contribution >= 0.6 is 11.3 Å². The number of benzene rings is 1. The fourth-order valence-electron chi connectivity index (χ4n) is 3.81. The molecule has 2 atom stereocenters. The van der Waals surface area contributed by atoms with Gasteiger partial charge in [0, 0.05) is 25.5 Å². The Hall–Kier alpha value is -2.86. The van der Waals surface area contributed by atoms with Crippen molar-refractivity contribution in [2.75, 3.05) is 12.4 Å². The smallest absolute Gasteiger partial charge is 0.248 e. The summed E-state index contributed by atoms with van der Waals surface area (Å²) >= 11 is 1.19. The quantitative estimate of drug-likeness (QED) is 0.591. The second-order valence-corrected chi connectivity index (χ2v) is 8.55. The zero-order valence-electron chi connectivity index (χ0n) is 17.0. The number of carbonyl (C=O) groups is 1. The van der Waals surface area contributed by atoms with Crippen LogP contribution in [0.3, 0.4) is 0 Å². The Bertz CT molecular complexity index is 1050. The van der Waals surface area contributed by atoms with Crippen molar-refractivity contribution >= 4 is 22.4 Å². The van der Waals surface area contributed by atoms with Crippen LogP contribution in [0.4, 0.5) is 13.9 Å². The Morgan fingerprint density at radius 1 is 1.32 bits per heavy atom. The monoisotopic (exact) mass is 449 g/mol. The maximum atomic E-state index is 13.9. The highest BCUT2D eigenvalue weighted by molar-refractivity contribution is 7.15. The maximum Gasteiger partial charge on any atom is 0.248 e. The van der Waals surface area contributed by atoms with Gasteiger partial charge in [0.15, 0.2) is 0 Å². The fourth-order valence-corrected chi connectivity index (χ4v) is 4.53. The minimum Gasteiger partial charge on any atom is -0.377 e. The maximum absolute atomic E-state index is 13.9. The van der Waals surface area contributed by atoms with Gasteiger partial charge >= 0.3 is 0 Å². The Labute approximate surface area is 180 Å². The van der Waals surface area contributed by atoms with Gasteiger partial charge in [-0.15, -0.1) is 20.4 Å². The molecule has 0 bridgehead atoms. The molecule has 1 saturated carbocycles. The van der Waals surface area contributed by atoms with E-state index in [1.807, 2.05) is 0 Å². The largest absolute Gasteiger partial charge is 0.377 e. The van der Waals surface area contributed by atoms with Gasteiger partial charge in [0.2, 0.25) is 22.8 Å². The molecule has 1 amide bonds. The van der Waals surface area contributed by atoms with Crippen molar-refractivity contribution in [2.24, 2.45) is 13.0 Å². The zero-order chi connectivity index (χ0) is 22.0. The number of halogens is 2. The Balaban J connectivity index is 1.58. The third-order valence-corrected chi connectivity index (χ3v) is 6.01. The molecule has 1 aliphatic carbocycles. The van der Waals surface area contributed by atoms with E-state index in [-0.39, 0.29) is 31.8 Å². The van der Waals surface area contributed by atoms with E-state index >= 15 is 0 Å². The number of hydrogen-bond acceptors (Lipinski definition) is 8. The molecule has 1 N–H and O–H groups in total. The third kappa shape index (κ3) is 4.90. The number of alkyl halides is 2. The molecule has 1 aromatic carbocycles. The first-order chi connectivity index (χ1) is 14.8. The minimum absolute atomic E-state index is 0.222. The van der Waals surface area contributed by atoms with Gasteiger partial charge in [0.25, 0.3) is 0 Å². The fraction of sp³-hybridized carbons (Fsp3) is 0.474. The first kappa shape index (κ1) is 21.4. The summed E-state index contributed by atoms with van der Waals surface area (Å²) in [5, 5.41) is 23.5. The molecule has 0 aliphatic heterocycles. The summed E-state index contributed by atoms with van der Waals surface area (Å²) in [4.78, 5) is 14.5. The average Bonchev–Trinajstić information content (AvgIpc) is 3.44. The molecule has 0 radical (unpaired) electrons. The van der Waals surface area contributed by atoms with E-state index in [0.717, 1.165) is 5.56 Å². The molecule has 3 aromatic rings. The lowest BCUT2D eigenvalue weighted by Crippen LogP contribution is -2.27. The molecule has 1 fully saturated rings. The molecule has 31 heavy (non-hydrogen) atoms. The molecule has 0 unspecified atom stereocenters. The molecular formula is C19H21F2N7O2S. The minimum atomic E-state index is -2.76. The summed E-state index contributed by atoms with van der Waals surface area (Å²) in [6.07, 6.45) is -0.285. The molecular weight excluding hydrogens is 428 g/mol. The lowest BCUT2D eigenvalue weighted by atomic mass is 9.83. The summed E-state index contributed by atoms with van der Waals surface area (Å²) in [6, 6.07) is 7.04. The molecule has 9 nitrogen and oxygen atoms in total. The van der Waals surface area contributed by atoms with Crippen molar-refractivity contribution < 1.29 is 18.3 Å². The van der Waals surface area contributed by atoms with E-state index in [2.05, 4.69) is 30.9 Å². The number of tetrazole rings is 1. The summed E-state index contributed by atoms with van der Waals surface area (Å²) in [6.45, 7) is 0.281. The van der Waals surface area contributed by atoms with Gasteiger partial charge in [-0.05, 0) is 23.1 Å². The topological polar surface area (TPSA) is 108 Å². The van der Waals surface area contributed by atoms with Crippen molar-refractivity contribution in [1.29, 1.82) is 0 Å². The van der Waals surface area contributed by atoms with Gasteiger partial charge in [-0.2, -0.15) is 4.80 Å². The first-order valence-corrected chi connectivity index (χ1v) is 10.5. The van der Waals surface area contributed by atoms with E-state index in [1.54, 1.807) is 31.3 Å². The summed E-state index contributed by atoms with van der Waals surface area (Å²) < 4.78 is 32.9. The number of rotatable bonds is 7. The number of ether oxygens (including phenoxy) is 1. The number of amides is 1. The molecule has 4 rings (SSSR count). The number of hydrogen-bond donors (Lipinski definition) is 1. The van der Waals surface area contributed by atoms with Crippen molar-refractivity contribution in [3.8, 4) is 11.4 Å². The van der Waals surface area contributed by atoms with Crippen LogP contribution in [0.2, 0.25) is 0 Å². The van der Waals surface area contributed by atoms with Crippen molar-refractivity contribution in [3.05, 3.63) is 34.8 Å². The number of aromatic nitrogens is 6. The standard InChI is InChI=1S/C19H21F2N7O2S/c1-28-26-16(24-27-28)12-5-3-11(4-6-12)15(13-7-8-19(20,21)9-13)17(29)22-18-25-23-14(31-18)10-30-2/h3-6,13,15H,7-10H2,1-2H3,(H,22,25,29)/t13-,15+/m0/s1. The van der Waals surface area contributed by atoms with Crippen LogP contribution in [0.25, 0.3) is 11.4 Å². The molecule has 12 heteroatoms. The third-order valence-electron chi connectivity index (χ3n) is 5.20. The van der Waals surface area contributed by atoms with Gasteiger partial charge in [0.1, 0.15) is 11.6 Å². The molecule has 1 aliphatic rings. The highest BCUT2D eigenvalue weighted by atomic mass is 32.1. The van der Waals surface area contributed by atoms with Gasteiger partial charge in [-0.25, -0.2) is 8.78 Å². The van der Waals surface area contributed by atoms with E-state index in [1.165, 1.54) is 23.2 Å². The SMILES string of the molecule is COCc1nnc(NC(=O)[C@H](c2ccc(-c3nnn(C)n3)cc2)[C@H]2CCC(F)(F)C2)s1. The van der Waals surface area contributed by atoms with E-state index < -0.39 is 17.8 Å². The zero-order valence-corrected chi connectivity index (χ0v) is 17.8. The number of carbonyl (C=O) groups excluding carboxylic acids is 1. The summed E-state index contributed by atoms with van der Waals surface area (Å²) in [5.74, 6) is -3.93. The Morgan fingerprint density at radius 3 is 2.71 bits per heavy atom. The van der Waals surface area contributed by atoms with Gasteiger partial charge in [-0.3, -0.25) is 10.1 Å². The van der Waals surface area contributed by atoms with Crippen LogP contribution in [0.5, 0.6) is 0 Å². The molecule has 164 valence electrons. The normalized spacial score (nSPS) is 18.8. The van der Waals surface area contributed by atoms with E-state index in [4.69, 9.17) is 4.74 Å². The molecule has 0 spiro atoms. The number of anilines is 1. The van der Waals surface area contributed by atoms with Gasteiger partial charge < -0.3 is 4.74 Å². The molecule has 2 aromatic heterocycles. The molecule has 0 saturated heterocycles. The summed E-state index contributed by atoms with van der Waals surface area (Å²) in [5.41, 5.74) is 1.37. The summed E-state index contributed by atoms with van der Waals surface area (Å²) in [7, 11) is 3.20. The van der Waals surface area contributed by atoms with Crippen LogP contribution < -0.4 is 5.32 Å².